The first-order chi connectivity index (χ1) is 11.8. The number of likely N-dealkylation sites (tertiary alicyclic amines) is 1. The van der Waals surface area contributed by atoms with Gasteiger partial charge in [0.2, 0.25) is 6.79 Å². The molecule has 7 heteroatoms. The third-order valence-corrected chi connectivity index (χ3v) is 4.54. The molecule has 0 atom stereocenters. The third kappa shape index (κ3) is 6.22. The van der Waals surface area contributed by atoms with E-state index in [-0.39, 0.29) is 24.0 Å². The predicted molar refractivity (Wildman–Crippen MR) is 111 cm³/mol. The maximum absolute atomic E-state index is 5.42. The quantitative estimate of drug-likeness (QED) is 0.388. The van der Waals surface area contributed by atoms with Crippen molar-refractivity contribution in [3.8, 4) is 11.5 Å². The molecule has 2 aliphatic heterocycles. The van der Waals surface area contributed by atoms with Crippen LogP contribution in [0, 0.1) is 0 Å². The molecule has 1 aromatic rings. The van der Waals surface area contributed by atoms with Crippen LogP contribution >= 0.6 is 24.0 Å². The van der Waals surface area contributed by atoms with Crippen molar-refractivity contribution in [1.29, 1.82) is 0 Å². The lowest BCUT2D eigenvalue weighted by molar-refractivity contribution is 0.174. The minimum atomic E-state index is 0. The smallest absolute Gasteiger partial charge is 0.231 e. The van der Waals surface area contributed by atoms with Gasteiger partial charge in [0.15, 0.2) is 17.5 Å². The average molecular weight is 460 g/mol. The molecular weight excluding hydrogens is 431 g/mol. The summed E-state index contributed by atoms with van der Waals surface area (Å²) in [5.74, 6) is 2.55. The Hall–Kier alpha value is -1.22. The number of nitrogens with zero attached hydrogens (tertiary/aromatic N) is 2. The van der Waals surface area contributed by atoms with Gasteiger partial charge < -0.3 is 25.0 Å². The maximum Gasteiger partial charge on any atom is 0.231 e. The van der Waals surface area contributed by atoms with Crippen LogP contribution in [0.4, 0.5) is 0 Å². The number of halogens is 1. The van der Waals surface area contributed by atoms with Gasteiger partial charge in [0, 0.05) is 26.7 Å². The largest absolute Gasteiger partial charge is 0.454 e. The van der Waals surface area contributed by atoms with E-state index < -0.39 is 0 Å². The summed E-state index contributed by atoms with van der Waals surface area (Å²) in [4.78, 5) is 6.82. The summed E-state index contributed by atoms with van der Waals surface area (Å²) in [5, 5.41) is 6.77. The fraction of sp³-hybridized carbons (Fsp3) is 0.611. The monoisotopic (exact) mass is 460 g/mol. The second kappa shape index (κ2) is 10.7. The summed E-state index contributed by atoms with van der Waals surface area (Å²) in [5.41, 5.74) is 1.23. The van der Waals surface area contributed by atoms with Crippen LogP contribution < -0.4 is 20.1 Å². The molecule has 0 aliphatic carbocycles. The molecule has 3 rings (SSSR count). The van der Waals surface area contributed by atoms with Gasteiger partial charge in [-0.1, -0.05) is 12.5 Å². The van der Waals surface area contributed by atoms with Crippen LogP contribution in [-0.4, -0.2) is 57.4 Å². The number of hydrogen-bond acceptors (Lipinski definition) is 4. The lowest BCUT2D eigenvalue weighted by atomic mass is 10.1. The number of nitrogens with one attached hydrogen (secondary N) is 2. The summed E-state index contributed by atoms with van der Waals surface area (Å²) < 4.78 is 10.8. The number of fused-ring (bicyclic) bond motifs is 1. The van der Waals surface area contributed by atoms with E-state index in [1.54, 1.807) is 0 Å². The molecule has 0 radical (unpaired) electrons. The van der Waals surface area contributed by atoms with Gasteiger partial charge in [0.1, 0.15) is 0 Å². The molecule has 2 aliphatic rings. The molecule has 6 nitrogen and oxygen atoms in total. The Kier molecular flexibility index (Phi) is 8.60. The molecule has 2 N–H and O–H groups in total. The van der Waals surface area contributed by atoms with Gasteiger partial charge in [-0.25, -0.2) is 0 Å². The van der Waals surface area contributed by atoms with Gasteiger partial charge in [-0.15, -0.1) is 24.0 Å². The molecule has 1 fully saturated rings. The van der Waals surface area contributed by atoms with E-state index in [1.807, 2.05) is 13.1 Å². The van der Waals surface area contributed by atoms with E-state index in [0.717, 1.165) is 43.5 Å². The van der Waals surface area contributed by atoms with Crippen LogP contribution in [0.1, 0.15) is 24.8 Å². The fourth-order valence-electron chi connectivity index (χ4n) is 3.16. The topological polar surface area (TPSA) is 58.1 Å². The van der Waals surface area contributed by atoms with Crippen LogP contribution in [0.25, 0.3) is 0 Å². The molecule has 1 aromatic carbocycles. The van der Waals surface area contributed by atoms with Crippen LogP contribution in [0.5, 0.6) is 11.5 Å². The highest BCUT2D eigenvalue weighted by Crippen LogP contribution is 2.32. The third-order valence-electron chi connectivity index (χ3n) is 4.54. The molecule has 0 unspecified atom stereocenters. The molecule has 2 heterocycles. The minimum absolute atomic E-state index is 0. The van der Waals surface area contributed by atoms with Crippen molar-refractivity contribution in [3.05, 3.63) is 23.8 Å². The molecular formula is C18H29IN4O2. The first-order valence-electron chi connectivity index (χ1n) is 8.90. The minimum Gasteiger partial charge on any atom is -0.454 e. The zero-order valence-electron chi connectivity index (χ0n) is 14.9. The second-order valence-electron chi connectivity index (χ2n) is 6.27. The number of guanidine groups is 1. The zero-order valence-corrected chi connectivity index (χ0v) is 17.3. The van der Waals surface area contributed by atoms with Crippen molar-refractivity contribution >= 4 is 29.9 Å². The molecule has 0 aromatic heterocycles. The number of ether oxygens (including phenoxy) is 2. The summed E-state index contributed by atoms with van der Waals surface area (Å²) >= 11 is 0. The average Bonchev–Trinajstić information content (AvgIpc) is 3.09. The van der Waals surface area contributed by atoms with Gasteiger partial charge >= 0.3 is 0 Å². The highest BCUT2D eigenvalue weighted by Gasteiger charge is 2.13. The van der Waals surface area contributed by atoms with Crippen LogP contribution in [0.15, 0.2) is 23.2 Å². The number of hydrogen-bond donors (Lipinski definition) is 2. The fourth-order valence-corrected chi connectivity index (χ4v) is 3.16. The van der Waals surface area contributed by atoms with Gasteiger partial charge in [-0.05, 0) is 50.0 Å². The van der Waals surface area contributed by atoms with E-state index in [9.17, 15) is 0 Å². The van der Waals surface area contributed by atoms with Crippen LogP contribution in [-0.2, 0) is 6.42 Å². The van der Waals surface area contributed by atoms with E-state index in [1.165, 1.54) is 37.9 Å². The first-order valence-corrected chi connectivity index (χ1v) is 8.90. The van der Waals surface area contributed by atoms with Crippen LogP contribution in [0.3, 0.4) is 0 Å². The van der Waals surface area contributed by atoms with Crippen molar-refractivity contribution in [2.45, 2.75) is 25.7 Å². The highest BCUT2D eigenvalue weighted by atomic mass is 127. The van der Waals surface area contributed by atoms with Gasteiger partial charge in [0.25, 0.3) is 0 Å². The SMILES string of the molecule is CN=C(NCCc1ccc2c(c1)OCO2)NCCN1CCCCC1.I. The summed E-state index contributed by atoms with van der Waals surface area (Å²) in [7, 11) is 1.82. The number of aliphatic imine (C=N–C) groups is 1. The number of benzene rings is 1. The van der Waals surface area contributed by atoms with E-state index in [0.29, 0.717) is 6.79 Å². The lowest BCUT2D eigenvalue weighted by Gasteiger charge is -2.26. The van der Waals surface area contributed by atoms with Crippen molar-refractivity contribution in [3.63, 3.8) is 0 Å². The molecule has 0 saturated carbocycles. The van der Waals surface area contributed by atoms with Crippen molar-refractivity contribution < 1.29 is 9.47 Å². The normalized spacial score (nSPS) is 17.1. The first kappa shape index (κ1) is 20.1. The Labute approximate surface area is 167 Å². The predicted octanol–water partition coefficient (Wildman–Crippen LogP) is 2.23. The van der Waals surface area contributed by atoms with Crippen molar-refractivity contribution in [1.82, 2.24) is 15.5 Å². The zero-order chi connectivity index (χ0) is 16.6. The molecule has 1 saturated heterocycles. The molecule has 25 heavy (non-hydrogen) atoms. The lowest BCUT2D eigenvalue weighted by Crippen LogP contribution is -2.43. The Balaban J connectivity index is 0.00000225. The summed E-state index contributed by atoms with van der Waals surface area (Å²) in [6.07, 6.45) is 4.97. The molecule has 140 valence electrons. The van der Waals surface area contributed by atoms with E-state index >= 15 is 0 Å². The van der Waals surface area contributed by atoms with Crippen molar-refractivity contribution in [2.75, 3.05) is 46.6 Å². The van der Waals surface area contributed by atoms with Gasteiger partial charge in [0.05, 0.1) is 0 Å². The van der Waals surface area contributed by atoms with Crippen LogP contribution in [0.2, 0.25) is 0 Å². The standard InChI is InChI=1S/C18H28N4O2.HI/c1-19-18(21-9-12-22-10-3-2-4-11-22)20-8-7-15-5-6-16-17(13-15)24-14-23-16;/h5-6,13H,2-4,7-12,14H2,1H3,(H2,19,20,21);1H. The summed E-state index contributed by atoms with van der Waals surface area (Å²) in [6.45, 7) is 5.65. The summed E-state index contributed by atoms with van der Waals surface area (Å²) in [6, 6.07) is 6.11. The molecule has 0 amide bonds. The second-order valence-corrected chi connectivity index (χ2v) is 6.27. The van der Waals surface area contributed by atoms with Crippen molar-refractivity contribution in [2.24, 2.45) is 4.99 Å². The Morgan fingerprint density at radius 2 is 1.84 bits per heavy atom. The highest BCUT2D eigenvalue weighted by molar-refractivity contribution is 14.0. The Morgan fingerprint density at radius 1 is 1.08 bits per heavy atom. The van der Waals surface area contributed by atoms with Gasteiger partial charge in [-0.3, -0.25) is 4.99 Å². The maximum atomic E-state index is 5.42. The number of rotatable bonds is 6. The Bertz CT molecular complexity index is 562. The van der Waals surface area contributed by atoms with Gasteiger partial charge in [-0.2, -0.15) is 0 Å². The van der Waals surface area contributed by atoms with E-state index in [2.05, 4.69) is 32.7 Å². The molecule has 0 spiro atoms. The molecule has 0 bridgehead atoms. The Morgan fingerprint density at radius 3 is 2.64 bits per heavy atom. The van der Waals surface area contributed by atoms with E-state index in [4.69, 9.17) is 9.47 Å². The number of piperidine rings is 1.